The second-order valence-electron chi connectivity index (χ2n) is 3.33. The zero-order valence-electron chi connectivity index (χ0n) is 5.56. The van der Waals surface area contributed by atoms with Crippen molar-refractivity contribution >= 4 is 9.39 Å². The fourth-order valence-corrected chi connectivity index (χ4v) is 2.66. The lowest BCUT2D eigenvalue weighted by Gasteiger charge is -2.45. The van der Waals surface area contributed by atoms with Crippen LogP contribution in [0.1, 0.15) is 6.42 Å². The molecule has 0 aliphatic carbocycles. The van der Waals surface area contributed by atoms with Crippen LogP contribution < -0.4 is 5.32 Å². The number of nitrogens with zero attached hydrogens (tertiary/aromatic N) is 1. The Hall–Kier alpha value is 0.350. The average Bonchev–Trinajstić information content (AvgIpc) is 2.12. The van der Waals surface area contributed by atoms with Gasteiger partial charge in [0.25, 0.3) is 0 Å². The average molecular weight is 144 g/mol. The molecule has 52 valence electrons. The lowest BCUT2D eigenvalue weighted by atomic mass is 9.81. The van der Waals surface area contributed by atoms with E-state index in [-0.39, 0.29) is 0 Å². The maximum Gasteiger partial charge on any atom is 0.0101 e. The summed E-state index contributed by atoms with van der Waals surface area (Å²) in [5.74, 6) is 0. The highest BCUT2D eigenvalue weighted by Gasteiger charge is 2.42. The normalized spacial score (nSPS) is 33.0. The van der Waals surface area contributed by atoms with E-state index in [1.54, 1.807) is 0 Å². The first-order chi connectivity index (χ1) is 4.31. The molecule has 0 aromatic rings. The largest absolute Gasteiger partial charge is 0.316 e. The summed E-state index contributed by atoms with van der Waals surface area (Å²) in [4.78, 5) is 0. The quantitative estimate of drug-likeness (QED) is 0.484. The Kier molecular flexibility index (Phi) is 1.29. The van der Waals surface area contributed by atoms with Crippen LogP contribution in [0, 0.1) is 5.41 Å². The third-order valence-corrected chi connectivity index (χ3v) is 2.77. The third-order valence-electron chi connectivity index (χ3n) is 2.41. The molecule has 2 aliphatic rings. The van der Waals surface area contributed by atoms with Gasteiger partial charge in [-0.05, 0) is 13.0 Å². The molecule has 0 bridgehead atoms. The molecule has 1 unspecified atom stereocenters. The van der Waals surface area contributed by atoms with Crippen molar-refractivity contribution in [1.29, 1.82) is 0 Å². The Morgan fingerprint density at radius 3 is 2.67 bits per heavy atom. The zero-order chi connectivity index (χ0) is 6.32. The minimum absolute atomic E-state index is 0.682. The third kappa shape index (κ3) is 0.899. The molecule has 1 N–H and O–H groups in total. The molecule has 0 amide bonds. The van der Waals surface area contributed by atoms with E-state index in [1.165, 1.54) is 32.6 Å². The topological polar surface area (TPSA) is 15.3 Å². The minimum Gasteiger partial charge on any atom is -0.316 e. The molecule has 1 atom stereocenters. The van der Waals surface area contributed by atoms with E-state index in [1.807, 2.05) is 0 Å². The number of rotatable bonds is 0. The van der Waals surface area contributed by atoms with Crippen LogP contribution in [0.15, 0.2) is 0 Å². The number of nitrogens with one attached hydrogen (secondary N) is 1. The van der Waals surface area contributed by atoms with Gasteiger partial charge in [0.1, 0.15) is 0 Å². The highest BCUT2D eigenvalue weighted by molar-refractivity contribution is 7.13. The van der Waals surface area contributed by atoms with E-state index >= 15 is 0 Å². The van der Waals surface area contributed by atoms with Gasteiger partial charge in [-0.1, -0.05) is 9.39 Å². The van der Waals surface area contributed by atoms with Crippen LogP contribution in [-0.4, -0.2) is 30.8 Å². The summed E-state index contributed by atoms with van der Waals surface area (Å²) < 4.78 is 2.31. The summed E-state index contributed by atoms with van der Waals surface area (Å²) in [6.07, 6.45) is 1.39. The van der Waals surface area contributed by atoms with E-state index in [0.29, 0.717) is 5.41 Å². The highest BCUT2D eigenvalue weighted by Crippen LogP contribution is 2.37. The van der Waals surface area contributed by atoms with Crippen molar-refractivity contribution < 1.29 is 0 Å². The summed E-state index contributed by atoms with van der Waals surface area (Å²) in [6.45, 7) is 5.05. The van der Waals surface area contributed by atoms with E-state index in [9.17, 15) is 0 Å². The van der Waals surface area contributed by atoms with E-state index in [2.05, 4.69) is 19.4 Å². The molecule has 0 aromatic carbocycles. The Morgan fingerprint density at radius 2 is 2.22 bits per heavy atom. The molecule has 2 saturated heterocycles. The van der Waals surface area contributed by atoms with Crippen molar-refractivity contribution in [3.63, 3.8) is 0 Å². The summed E-state index contributed by atoms with van der Waals surface area (Å²) in [6, 6.07) is 0. The highest BCUT2D eigenvalue weighted by atomic mass is 31.0. The van der Waals surface area contributed by atoms with Crippen molar-refractivity contribution in [3.8, 4) is 0 Å². The first kappa shape index (κ1) is 6.09. The van der Waals surface area contributed by atoms with Crippen molar-refractivity contribution in [2.45, 2.75) is 6.42 Å². The van der Waals surface area contributed by atoms with E-state index in [4.69, 9.17) is 0 Å². The van der Waals surface area contributed by atoms with Crippen LogP contribution in [0.3, 0.4) is 0 Å². The van der Waals surface area contributed by atoms with Gasteiger partial charge >= 0.3 is 0 Å². The Labute approximate surface area is 58.2 Å². The predicted molar refractivity (Wildman–Crippen MR) is 41.2 cm³/mol. The molecule has 2 nitrogen and oxygen atoms in total. The van der Waals surface area contributed by atoms with Crippen LogP contribution >= 0.6 is 9.39 Å². The van der Waals surface area contributed by atoms with Gasteiger partial charge in [-0.25, -0.2) is 0 Å². The Morgan fingerprint density at radius 1 is 1.44 bits per heavy atom. The maximum atomic E-state index is 3.40. The molecule has 1 spiro atoms. The molecule has 2 aliphatic heterocycles. The Balaban J connectivity index is 1.95. The summed E-state index contributed by atoms with van der Waals surface area (Å²) in [7, 11) is 2.75. The van der Waals surface area contributed by atoms with Gasteiger partial charge in [0.05, 0.1) is 0 Å². The fourth-order valence-electron chi connectivity index (χ4n) is 1.88. The van der Waals surface area contributed by atoms with Gasteiger partial charge in [0, 0.05) is 25.0 Å². The standard InChI is InChI=1S/C6H13N2P/c9-8-4-6(5-8)1-2-7-3-6/h7H,1-5,9H2. The van der Waals surface area contributed by atoms with Gasteiger partial charge < -0.3 is 5.32 Å². The second-order valence-corrected chi connectivity index (χ2v) is 4.06. The van der Waals surface area contributed by atoms with Gasteiger partial charge in [-0.15, -0.1) is 0 Å². The first-order valence-electron chi connectivity index (χ1n) is 3.51. The van der Waals surface area contributed by atoms with Crippen molar-refractivity contribution in [1.82, 2.24) is 9.99 Å². The first-order valence-corrected chi connectivity index (χ1v) is 4.03. The second kappa shape index (κ2) is 1.91. The number of hydrogen-bond donors (Lipinski definition) is 1. The summed E-state index contributed by atoms with van der Waals surface area (Å²) in [5.41, 5.74) is 0.682. The maximum absolute atomic E-state index is 3.40. The van der Waals surface area contributed by atoms with Gasteiger partial charge in [0.15, 0.2) is 0 Å². The van der Waals surface area contributed by atoms with Gasteiger partial charge in [-0.3, -0.25) is 4.67 Å². The van der Waals surface area contributed by atoms with E-state index < -0.39 is 0 Å². The fraction of sp³-hybridized carbons (Fsp3) is 1.00. The molecule has 2 heterocycles. The molecular formula is C6H13N2P. The SMILES string of the molecule is PN1CC2(CCNC2)C1. The summed E-state index contributed by atoms with van der Waals surface area (Å²) >= 11 is 0. The molecule has 0 radical (unpaired) electrons. The monoisotopic (exact) mass is 144 g/mol. The lowest BCUT2D eigenvalue weighted by Crippen LogP contribution is -2.52. The predicted octanol–water partition coefficient (Wildman–Crippen LogP) is 0.0718. The molecule has 0 aromatic heterocycles. The molecule has 9 heavy (non-hydrogen) atoms. The van der Waals surface area contributed by atoms with Crippen molar-refractivity contribution in [3.05, 3.63) is 0 Å². The molecule has 2 fully saturated rings. The van der Waals surface area contributed by atoms with Crippen LogP contribution in [0.5, 0.6) is 0 Å². The van der Waals surface area contributed by atoms with Crippen molar-refractivity contribution in [2.75, 3.05) is 26.2 Å². The van der Waals surface area contributed by atoms with Crippen LogP contribution in [0.2, 0.25) is 0 Å². The van der Waals surface area contributed by atoms with E-state index in [0.717, 1.165) is 0 Å². The molecule has 2 rings (SSSR count). The van der Waals surface area contributed by atoms with Gasteiger partial charge in [0.2, 0.25) is 0 Å². The van der Waals surface area contributed by atoms with Crippen LogP contribution in [0.25, 0.3) is 0 Å². The van der Waals surface area contributed by atoms with Gasteiger partial charge in [-0.2, -0.15) is 0 Å². The van der Waals surface area contributed by atoms with Crippen LogP contribution in [0.4, 0.5) is 0 Å². The zero-order valence-corrected chi connectivity index (χ0v) is 6.71. The van der Waals surface area contributed by atoms with Crippen molar-refractivity contribution in [2.24, 2.45) is 5.41 Å². The number of hydrogen-bond acceptors (Lipinski definition) is 2. The lowest BCUT2D eigenvalue weighted by molar-refractivity contribution is 0.102. The molecule has 3 heteroatoms. The smallest absolute Gasteiger partial charge is 0.0101 e. The molecular weight excluding hydrogens is 131 g/mol. The summed E-state index contributed by atoms with van der Waals surface area (Å²) in [5, 5.41) is 3.40. The molecule has 0 saturated carbocycles. The van der Waals surface area contributed by atoms with Crippen LogP contribution in [-0.2, 0) is 0 Å². The minimum atomic E-state index is 0.682. The Bertz CT molecular complexity index is 112.